The summed E-state index contributed by atoms with van der Waals surface area (Å²) in [6, 6.07) is 4.27. The van der Waals surface area contributed by atoms with Crippen molar-refractivity contribution in [2.45, 2.75) is 38.8 Å². The molecular weight excluding hydrogens is 220 g/mol. The normalized spacial score (nSPS) is 19.9. The number of hydrogen-bond donors (Lipinski definition) is 2. The number of hydrogen-bond acceptors (Lipinski definition) is 3. The van der Waals surface area contributed by atoms with Crippen molar-refractivity contribution in [1.29, 1.82) is 0 Å². The Labute approximate surface area is 100 Å². The molecule has 0 aromatic carbocycles. The highest BCUT2D eigenvalue weighted by Crippen LogP contribution is 2.16. The second-order valence-corrected chi connectivity index (χ2v) is 5.34. The molecule has 0 radical (unpaired) electrons. The Kier molecular flexibility index (Phi) is 3.96. The van der Waals surface area contributed by atoms with E-state index in [-0.39, 0.29) is 11.9 Å². The molecule has 88 valence electrons. The van der Waals surface area contributed by atoms with Crippen LogP contribution in [0.3, 0.4) is 0 Å². The lowest BCUT2D eigenvalue weighted by Gasteiger charge is -2.09. The van der Waals surface area contributed by atoms with E-state index in [0.717, 1.165) is 25.8 Å². The van der Waals surface area contributed by atoms with Crippen molar-refractivity contribution in [3.05, 3.63) is 21.9 Å². The zero-order valence-corrected chi connectivity index (χ0v) is 10.4. The van der Waals surface area contributed by atoms with E-state index in [2.05, 4.69) is 29.7 Å². The van der Waals surface area contributed by atoms with Gasteiger partial charge in [0.1, 0.15) is 0 Å². The van der Waals surface area contributed by atoms with E-state index in [9.17, 15) is 4.79 Å². The average Bonchev–Trinajstić information content (AvgIpc) is 2.96. The highest BCUT2D eigenvalue weighted by atomic mass is 32.1. The Hall–Kier alpha value is -0.870. The van der Waals surface area contributed by atoms with Gasteiger partial charge < -0.3 is 10.6 Å². The lowest BCUT2D eigenvalue weighted by molar-refractivity contribution is -0.122. The van der Waals surface area contributed by atoms with Gasteiger partial charge in [-0.15, -0.1) is 11.3 Å². The van der Waals surface area contributed by atoms with Gasteiger partial charge in [0.05, 0.1) is 12.6 Å². The SMILES string of the molecule is CCc1ccc(CNC(=O)C2CCCN2)s1. The number of nitrogens with one attached hydrogen (secondary N) is 2. The smallest absolute Gasteiger partial charge is 0.237 e. The maximum Gasteiger partial charge on any atom is 0.237 e. The van der Waals surface area contributed by atoms with Crippen LogP contribution in [0.2, 0.25) is 0 Å². The standard InChI is InChI=1S/C12H18N2OS/c1-2-9-5-6-10(16-9)8-14-12(15)11-4-3-7-13-11/h5-6,11,13H,2-4,7-8H2,1H3,(H,14,15). The van der Waals surface area contributed by atoms with E-state index in [1.807, 2.05) is 0 Å². The first-order valence-electron chi connectivity index (χ1n) is 5.88. The lowest BCUT2D eigenvalue weighted by Crippen LogP contribution is -2.39. The van der Waals surface area contributed by atoms with Gasteiger partial charge in [0, 0.05) is 9.75 Å². The van der Waals surface area contributed by atoms with E-state index in [1.165, 1.54) is 9.75 Å². The monoisotopic (exact) mass is 238 g/mol. The van der Waals surface area contributed by atoms with E-state index < -0.39 is 0 Å². The highest BCUT2D eigenvalue weighted by molar-refractivity contribution is 7.11. The molecule has 0 aliphatic carbocycles. The van der Waals surface area contributed by atoms with Crippen LogP contribution < -0.4 is 10.6 Å². The summed E-state index contributed by atoms with van der Waals surface area (Å²) in [6.07, 6.45) is 3.15. The van der Waals surface area contributed by atoms with Gasteiger partial charge in [-0.2, -0.15) is 0 Å². The first-order chi connectivity index (χ1) is 7.79. The summed E-state index contributed by atoms with van der Waals surface area (Å²) < 4.78 is 0. The summed E-state index contributed by atoms with van der Waals surface area (Å²) >= 11 is 1.78. The molecule has 3 nitrogen and oxygen atoms in total. The number of aryl methyl sites for hydroxylation is 1. The van der Waals surface area contributed by atoms with Gasteiger partial charge in [-0.05, 0) is 37.9 Å². The average molecular weight is 238 g/mol. The molecule has 16 heavy (non-hydrogen) atoms. The predicted molar refractivity (Wildman–Crippen MR) is 66.6 cm³/mol. The highest BCUT2D eigenvalue weighted by Gasteiger charge is 2.21. The van der Waals surface area contributed by atoms with Gasteiger partial charge in [0.25, 0.3) is 0 Å². The molecule has 1 aromatic rings. The molecule has 2 rings (SSSR count). The maximum absolute atomic E-state index is 11.7. The molecule has 0 spiro atoms. The maximum atomic E-state index is 11.7. The molecule has 1 fully saturated rings. The molecular formula is C12H18N2OS. The zero-order valence-electron chi connectivity index (χ0n) is 9.58. The number of carbonyl (C=O) groups excluding carboxylic acids is 1. The van der Waals surface area contributed by atoms with Crippen LogP contribution in [0.15, 0.2) is 12.1 Å². The van der Waals surface area contributed by atoms with E-state index in [1.54, 1.807) is 11.3 Å². The third-order valence-electron chi connectivity index (χ3n) is 2.88. The molecule has 2 heterocycles. The minimum Gasteiger partial charge on any atom is -0.350 e. The van der Waals surface area contributed by atoms with E-state index in [0.29, 0.717) is 6.54 Å². The van der Waals surface area contributed by atoms with Crippen LogP contribution >= 0.6 is 11.3 Å². The van der Waals surface area contributed by atoms with Gasteiger partial charge in [0.15, 0.2) is 0 Å². The molecule has 1 amide bonds. The van der Waals surface area contributed by atoms with E-state index in [4.69, 9.17) is 0 Å². The van der Waals surface area contributed by atoms with Crippen LogP contribution in [0, 0.1) is 0 Å². The van der Waals surface area contributed by atoms with Crippen LogP contribution in [-0.4, -0.2) is 18.5 Å². The number of amides is 1. The van der Waals surface area contributed by atoms with Crippen molar-refractivity contribution >= 4 is 17.2 Å². The quantitative estimate of drug-likeness (QED) is 0.838. The van der Waals surface area contributed by atoms with Crippen LogP contribution in [-0.2, 0) is 17.8 Å². The zero-order chi connectivity index (χ0) is 11.4. The summed E-state index contributed by atoms with van der Waals surface area (Å²) in [5.74, 6) is 0.143. The van der Waals surface area contributed by atoms with Gasteiger partial charge in [-0.3, -0.25) is 4.79 Å². The molecule has 0 saturated carbocycles. The minimum absolute atomic E-state index is 0.0330. The number of thiophene rings is 1. The van der Waals surface area contributed by atoms with Gasteiger partial charge in [0.2, 0.25) is 5.91 Å². The van der Waals surface area contributed by atoms with Crippen LogP contribution in [0.5, 0.6) is 0 Å². The summed E-state index contributed by atoms with van der Waals surface area (Å²) in [6.45, 7) is 3.79. The molecule has 1 saturated heterocycles. The largest absolute Gasteiger partial charge is 0.350 e. The Balaban J connectivity index is 1.80. The second-order valence-electron chi connectivity index (χ2n) is 4.09. The van der Waals surface area contributed by atoms with Crippen molar-refractivity contribution in [1.82, 2.24) is 10.6 Å². The van der Waals surface area contributed by atoms with Gasteiger partial charge in [-0.25, -0.2) is 0 Å². The Morgan fingerprint density at radius 2 is 2.38 bits per heavy atom. The Morgan fingerprint density at radius 1 is 1.56 bits per heavy atom. The Bertz CT molecular complexity index is 356. The molecule has 1 unspecified atom stereocenters. The Morgan fingerprint density at radius 3 is 3.00 bits per heavy atom. The van der Waals surface area contributed by atoms with Crippen molar-refractivity contribution < 1.29 is 4.79 Å². The third-order valence-corrected chi connectivity index (χ3v) is 4.11. The molecule has 4 heteroatoms. The summed E-state index contributed by atoms with van der Waals surface area (Å²) in [5.41, 5.74) is 0. The lowest BCUT2D eigenvalue weighted by atomic mass is 10.2. The summed E-state index contributed by atoms with van der Waals surface area (Å²) in [5, 5.41) is 6.19. The summed E-state index contributed by atoms with van der Waals surface area (Å²) in [7, 11) is 0. The fraction of sp³-hybridized carbons (Fsp3) is 0.583. The fourth-order valence-electron chi connectivity index (χ4n) is 1.91. The first-order valence-corrected chi connectivity index (χ1v) is 6.70. The molecule has 1 atom stereocenters. The van der Waals surface area contributed by atoms with E-state index >= 15 is 0 Å². The van der Waals surface area contributed by atoms with Gasteiger partial charge >= 0.3 is 0 Å². The van der Waals surface area contributed by atoms with Crippen molar-refractivity contribution in [3.8, 4) is 0 Å². The van der Waals surface area contributed by atoms with Crippen molar-refractivity contribution in [2.24, 2.45) is 0 Å². The molecule has 1 aromatic heterocycles. The summed E-state index contributed by atoms with van der Waals surface area (Å²) in [4.78, 5) is 14.3. The van der Waals surface area contributed by atoms with Crippen molar-refractivity contribution in [3.63, 3.8) is 0 Å². The third kappa shape index (κ3) is 2.83. The second kappa shape index (κ2) is 5.46. The van der Waals surface area contributed by atoms with Crippen LogP contribution in [0.25, 0.3) is 0 Å². The minimum atomic E-state index is 0.0330. The van der Waals surface area contributed by atoms with Crippen LogP contribution in [0.4, 0.5) is 0 Å². The number of carbonyl (C=O) groups is 1. The molecule has 2 N–H and O–H groups in total. The molecule has 1 aliphatic rings. The molecule has 0 bridgehead atoms. The number of rotatable bonds is 4. The fourth-order valence-corrected chi connectivity index (χ4v) is 2.81. The molecule has 1 aliphatic heterocycles. The van der Waals surface area contributed by atoms with Crippen molar-refractivity contribution in [2.75, 3.05) is 6.54 Å². The van der Waals surface area contributed by atoms with Gasteiger partial charge in [-0.1, -0.05) is 6.92 Å². The first kappa shape index (κ1) is 11.6. The predicted octanol–water partition coefficient (Wildman–Crippen LogP) is 1.68. The topological polar surface area (TPSA) is 41.1 Å². The van der Waals surface area contributed by atoms with Crippen LogP contribution in [0.1, 0.15) is 29.5 Å².